The number of aromatic nitrogens is 1. The van der Waals surface area contributed by atoms with Gasteiger partial charge in [0.15, 0.2) is 17.7 Å². The molecular weight excluding hydrogens is 328 g/mol. The monoisotopic (exact) mass is 340 g/mol. The summed E-state index contributed by atoms with van der Waals surface area (Å²) in [6.07, 6.45) is 2.16. The summed E-state index contributed by atoms with van der Waals surface area (Å²) in [5, 5.41) is 3.53. The fraction of sp³-hybridized carbons (Fsp3) is 0.0556. The molecule has 2 aromatic carbocycles. The van der Waals surface area contributed by atoms with Crippen molar-refractivity contribution in [3.05, 3.63) is 65.1 Å². The standard InChI is InChI=1S/C18H13ClN2O3/c1-11(23)12-2-5-15(6-3-12)20-9-13(10-22)18-21-16-8-14(19)4-7-17(16)24-18/h2-10,20H,1H3/b13-9-. The predicted octanol–water partition coefficient (Wildman–Crippen LogP) is 4.34. The first-order chi connectivity index (χ1) is 11.6. The minimum Gasteiger partial charge on any atom is -0.436 e. The molecule has 6 heteroatoms. The second-order valence-electron chi connectivity index (χ2n) is 5.13. The number of nitrogens with one attached hydrogen (secondary N) is 1. The Bertz CT molecular complexity index is 943. The number of carbonyl (C=O) groups excluding carboxylic acids is 2. The number of hydrogen-bond acceptors (Lipinski definition) is 5. The molecule has 0 unspecified atom stereocenters. The van der Waals surface area contributed by atoms with Crippen molar-refractivity contribution < 1.29 is 14.0 Å². The second-order valence-corrected chi connectivity index (χ2v) is 5.56. The Labute approximate surface area is 142 Å². The molecule has 0 aliphatic heterocycles. The number of anilines is 1. The van der Waals surface area contributed by atoms with Crippen LogP contribution in [0.5, 0.6) is 0 Å². The van der Waals surface area contributed by atoms with Crippen molar-refractivity contribution >= 4 is 46.0 Å². The van der Waals surface area contributed by atoms with E-state index in [0.717, 1.165) is 5.69 Å². The van der Waals surface area contributed by atoms with Gasteiger partial charge in [-0.05, 0) is 49.4 Å². The summed E-state index contributed by atoms with van der Waals surface area (Å²) in [5.41, 5.74) is 2.75. The van der Waals surface area contributed by atoms with Gasteiger partial charge in [0.25, 0.3) is 0 Å². The highest BCUT2D eigenvalue weighted by molar-refractivity contribution is 6.31. The zero-order valence-corrected chi connectivity index (χ0v) is 13.5. The number of allylic oxidation sites excluding steroid dienone is 1. The number of hydrogen-bond donors (Lipinski definition) is 1. The van der Waals surface area contributed by atoms with Crippen LogP contribution in [0.2, 0.25) is 5.02 Å². The first-order valence-electron chi connectivity index (χ1n) is 7.16. The van der Waals surface area contributed by atoms with E-state index in [1.54, 1.807) is 42.5 Å². The largest absolute Gasteiger partial charge is 0.436 e. The third-order valence-corrected chi connectivity index (χ3v) is 3.64. The number of nitrogens with zero attached hydrogens (tertiary/aromatic N) is 1. The number of oxazole rings is 1. The summed E-state index contributed by atoms with van der Waals surface area (Å²) in [6.45, 7) is 1.51. The van der Waals surface area contributed by atoms with Gasteiger partial charge < -0.3 is 9.73 Å². The van der Waals surface area contributed by atoms with Gasteiger partial charge in [0.1, 0.15) is 5.52 Å². The van der Waals surface area contributed by atoms with Gasteiger partial charge >= 0.3 is 0 Å². The predicted molar refractivity (Wildman–Crippen MR) is 93.1 cm³/mol. The molecule has 0 amide bonds. The number of fused-ring (bicyclic) bond motifs is 1. The third kappa shape index (κ3) is 3.36. The van der Waals surface area contributed by atoms with Crippen LogP contribution in [0, 0.1) is 0 Å². The molecule has 0 bridgehead atoms. The van der Waals surface area contributed by atoms with E-state index in [1.165, 1.54) is 13.1 Å². The zero-order valence-electron chi connectivity index (χ0n) is 12.7. The van der Waals surface area contributed by atoms with Crippen molar-refractivity contribution in [1.29, 1.82) is 0 Å². The highest BCUT2D eigenvalue weighted by Crippen LogP contribution is 2.23. The maximum absolute atomic E-state index is 11.3. The number of aldehydes is 1. The second kappa shape index (κ2) is 6.68. The molecule has 0 saturated carbocycles. The summed E-state index contributed by atoms with van der Waals surface area (Å²) in [4.78, 5) is 26.8. The maximum Gasteiger partial charge on any atom is 0.232 e. The fourth-order valence-electron chi connectivity index (χ4n) is 2.13. The highest BCUT2D eigenvalue weighted by atomic mass is 35.5. The van der Waals surface area contributed by atoms with Gasteiger partial charge in [0, 0.05) is 22.5 Å². The van der Waals surface area contributed by atoms with Crippen LogP contribution < -0.4 is 5.32 Å². The van der Waals surface area contributed by atoms with E-state index < -0.39 is 0 Å². The molecule has 0 fully saturated rings. The van der Waals surface area contributed by atoms with Crippen molar-refractivity contribution in [2.75, 3.05) is 5.32 Å². The lowest BCUT2D eigenvalue weighted by molar-refractivity contribution is -0.103. The van der Waals surface area contributed by atoms with Gasteiger partial charge in [0.05, 0.1) is 5.57 Å². The van der Waals surface area contributed by atoms with Crippen molar-refractivity contribution in [2.24, 2.45) is 0 Å². The Morgan fingerprint density at radius 2 is 1.96 bits per heavy atom. The molecule has 24 heavy (non-hydrogen) atoms. The minimum atomic E-state index is -0.00388. The molecule has 5 nitrogen and oxygen atoms in total. The van der Waals surface area contributed by atoms with E-state index in [-0.39, 0.29) is 17.2 Å². The Balaban J connectivity index is 1.85. The van der Waals surface area contributed by atoms with Crippen molar-refractivity contribution in [1.82, 2.24) is 4.98 Å². The maximum atomic E-state index is 11.3. The normalized spacial score (nSPS) is 11.5. The Hall–Kier alpha value is -2.92. The molecule has 0 saturated heterocycles. The number of carbonyl (C=O) groups is 2. The van der Waals surface area contributed by atoms with Crippen molar-refractivity contribution in [3.63, 3.8) is 0 Å². The quantitative estimate of drug-likeness (QED) is 0.425. The fourth-order valence-corrected chi connectivity index (χ4v) is 2.30. The lowest BCUT2D eigenvalue weighted by atomic mass is 10.1. The Kier molecular flexibility index (Phi) is 4.44. The van der Waals surface area contributed by atoms with Gasteiger partial charge in [-0.3, -0.25) is 9.59 Å². The molecule has 1 aromatic heterocycles. The molecule has 0 radical (unpaired) electrons. The van der Waals surface area contributed by atoms with E-state index in [2.05, 4.69) is 10.3 Å². The minimum absolute atomic E-state index is 0.00388. The van der Waals surface area contributed by atoms with Gasteiger partial charge in [-0.1, -0.05) is 11.6 Å². The molecule has 0 atom stereocenters. The van der Waals surface area contributed by atoms with Crippen LogP contribution in [-0.2, 0) is 4.79 Å². The molecule has 3 aromatic rings. The molecule has 120 valence electrons. The van der Waals surface area contributed by atoms with E-state index >= 15 is 0 Å². The van der Waals surface area contributed by atoms with Crippen LogP contribution in [0.3, 0.4) is 0 Å². The molecule has 0 aliphatic rings. The lowest BCUT2D eigenvalue weighted by Gasteiger charge is -2.02. The van der Waals surface area contributed by atoms with Crippen LogP contribution in [0.1, 0.15) is 23.2 Å². The van der Waals surface area contributed by atoms with Gasteiger partial charge in [-0.15, -0.1) is 0 Å². The average molecular weight is 341 g/mol. The van der Waals surface area contributed by atoms with E-state index in [4.69, 9.17) is 16.0 Å². The summed E-state index contributed by atoms with van der Waals surface area (Å²) in [5.74, 6) is 0.200. The van der Waals surface area contributed by atoms with Gasteiger partial charge in [-0.25, -0.2) is 4.98 Å². The van der Waals surface area contributed by atoms with Crippen molar-refractivity contribution in [3.8, 4) is 0 Å². The lowest BCUT2D eigenvalue weighted by Crippen LogP contribution is -1.95. The highest BCUT2D eigenvalue weighted by Gasteiger charge is 2.10. The summed E-state index contributed by atoms with van der Waals surface area (Å²) in [7, 11) is 0. The van der Waals surface area contributed by atoms with Gasteiger partial charge in [0.2, 0.25) is 5.89 Å². The molecule has 0 aliphatic carbocycles. The van der Waals surface area contributed by atoms with Crippen LogP contribution in [0.4, 0.5) is 5.69 Å². The number of benzene rings is 2. The molecular formula is C18H13ClN2O3. The smallest absolute Gasteiger partial charge is 0.232 e. The SMILES string of the molecule is CC(=O)c1ccc(N/C=C(/C=O)c2nc3cc(Cl)ccc3o2)cc1. The zero-order chi connectivity index (χ0) is 17.1. The van der Waals surface area contributed by atoms with Crippen LogP contribution in [0.25, 0.3) is 16.7 Å². The summed E-state index contributed by atoms with van der Waals surface area (Å²) < 4.78 is 5.56. The third-order valence-electron chi connectivity index (χ3n) is 3.41. The topological polar surface area (TPSA) is 72.2 Å². The number of rotatable bonds is 5. The van der Waals surface area contributed by atoms with Crippen LogP contribution >= 0.6 is 11.6 Å². The Morgan fingerprint density at radius 3 is 2.62 bits per heavy atom. The van der Waals surface area contributed by atoms with Crippen molar-refractivity contribution in [2.45, 2.75) is 6.92 Å². The Morgan fingerprint density at radius 1 is 1.21 bits per heavy atom. The summed E-state index contributed by atoms with van der Waals surface area (Å²) >= 11 is 5.92. The van der Waals surface area contributed by atoms with Crippen LogP contribution in [-0.4, -0.2) is 17.1 Å². The van der Waals surface area contributed by atoms with Crippen LogP contribution in [0.15, 0.2) is 53.1 Å². The van der Waals surface area contributed by atoms with Gasteiger partial charge in [-0.2, -0.15) is 0 Å². The van der Waals surface area contributed by atoms with E-state index in [0.29, 0.717) is 28.0 Å². The van der Waals surface area contributed by atoms with E-state index in [1.807, 2.05) is 0 Å². The average Bonchev–Trinajstić information content (AvgIpc) is 2.98. The first kappa shape index (κ1) is 16.0. The molecule has 0 spiro atoms. The first-order valence-corrected chi connectivity index (χ1v) is 7.54. The number of ketones is 1. The van der Waals surface area contributed by atoms with E-state index in [9.17, 15) is 9.59 Å². The summed E-state index contributed by atoms with van der Waals surface area (Å²) in [6, 6.07) is 12.0. The molecule has 1 heterocycles. The molecule has 3 rings (SSSR count). The number of halogens is 1. The molecule has 1 N–H and O–H groups in total. The number of Topliss-reactive ketones (excluding diaryl/α,β-unsaturated/α-hetero) is 1.